The van der Waals surface area contributed by atoms with E-state index in [0.717, 1.165) is 83.1 Å². The van der Waals surface area contributed by atoms with E-state index < -0.39 is 0 Å². The molecule has 0 spiro atoms. The number of hydrogen-bond acceptors (Lipinski definition) is 4. The van der Waals surface area contributed by atoms with Gasteiger partial charge in [-0.25, -0.2) is 15.0 Å². The largest absolute Gasteiger partial charge is 0.300 e. The molecule has 0 saturated carbocycles. The van der Waals surface area contributed by atoms with Crippen LogP contribution in [-0.2, 0) is 0 Å². The van der Waals surface area contributed by atoms with Gasteiger partial charge < -0.3 is 5.41 Å². The minimum Gasteiger partial charge on any atom is -0.300 e. The van der Waals surface area contributed by atoms with Crippen LogP contribution in [0.3, 0.4) is 0 Å². The van der Waals surface area contributed by atoms with Gasteiger partial charge in [0.2, 0.25) is 0 Å². The quantitative estimate of drug-likeness (QED) is 0.140. The van der Waals surface area contributed by atoms with Crippen LogP contribution in [-0.4, -0.2) is 20.7 Å². The summed E-state index contributed by atoms with van der Waals surface area (Å²) in [5, 5.41) is 11.3. The number of rotatable bonds is 10. The van der Waals surface area contributed by atoms with Gasteiger partial charge >= 0.3 is 0 Å². The Morgan fingerprint density at radius 1 is 0.323 bits per heavy atom. The van der Waals surface area contributed by atoms with Crippen molar-refractivity contribution < 1.29 is 0 Å². The van der Waals surface area contributed by atoms with E-state index in [9.17, 15) is 0 Å². The average molecular weight is 793 g/mol. The van der Waals surface area contributed by atoms with Gasteiger partial charge in [0.1, 0.15) is 0 Å². The molecular formula is C58H40N4. The van der Waals surface area contributed by atoms with Gasteiger partial charge in [-0.3, -0.25) is 0 Å². The van der Waals surface area contributed by atoms with Crippen molar-refractivity contribution in [2.45, 2.75) is 0 Å². The molecule has 0 amide bonds. The highest BCUT2D eigenvalue weighted by molar-refractivity contribution is 6.13. The number of hydrogen-bond donors (Lipinski definition) is 1. The third-order valence-electron chi connectivity index (χ3n) is 11.2. The molecule has 10 aromatic rings. The summed E-state index contributed by atoms with van der Waals surface area (Å²) in [4.78, 5) is 15.3. The highest BCUT2D eigenvalue weighted by Crippen LogP contribution is 2.35. The standard InChI is InChI=1S/C58H40N4/c59-55(45-22-11-4-12-23-45)39-54(43-20-9-3-10-21-43)52-29-15-24-44-32-35-49(38-53(44)52)42-30-33-46(34-31-42)56-60-57(50-27-13-25-47(36-50)40-16-5-1-6-17-40)62-58(61-56)51-28-14-26-48(37-51)41-18-7-2-8-19-41/h1-39,59H/b54-39-,59-55?. The van der Waals surface area contributed by atoms with Crippen molar-refractivity contribution in [1.29, 1.82) is 5.41 Å². The first-order valence-electron chi connectivity index (χ1n) is 20.8. The van der Waals surface area contributed by atoms with Crippen LogP contribution < -0.4 is 0 Å². The number of allylic oxidation sites excluding steroid dienone is 1. The Balaban J connectivity index is 1.05. The lowest BCUT2D eigenvalue weighted by Crippen LogP contribution is -2.00. The van der Waals surface area contributed by atoms with E-state index in [-0.39, 0.29) is 0 Å². The molecule has 0 unspecified atom stereocenters. The normalized spacial score (nSPS) is 11.4. The first-order valence-corrected chi connectivity index (χ1v) is 20.8. The summed E-state index contributed by atoms with van der Waals surface area (Å²) in [5.41, 5.74) is 13.8. The molecule has 10 rings (SSSR count). The summed E-state index contributed by atoms with van der Waals surface area (Å²) in [6.07, 6.45) is 1.99. The number of benzene rings is 9. The van der Waals surface area contributed by atoms with Crippen molar-refractivity contribution in [3.63, 3.8) is 0 Å². The van der Waals surface area contributed by atoms with Crippen molar-refractivity contribution in [3.05, 3.63) is 253 Å². The van der Waals surface area contributed by atoms with Gasteiger partial charge in [0.05, 0.1) is 5.71 Å². The Hall–Kier alpha value is -8.34. The van der Waals surface area contributed by atoms with Gasteiger partial charge in [0.15, 0.2) is 17.5 Å². The van der Waals surface area contributed by atoms with Crippen LogP contribution in [0.15, 0.2) is 237 Å². The number of fused-ring (bicyclic) bond motifs is 1. The van der Waals surface area contributed by atoms with Crippen LogP contribution in [0, 0.1) is 5.41 Å². The summed E-state index contributed by atoms with van der Waals surface area (Å²) in [5.74, 6) is 1.83. The molecule has 0 atom stereocenters. The lowest BCUT2D eigenvalue weighted by molar-refractivity contribution is 1.07. The molecule has 62 heavy (non-hydrogen) atoms. The molecule has 0 bridgehead atoms. The van der Waals surface area contributed by atoms with Crippen molar-refractivity contribution in [2.75, 3.05) is 0 Å². The Kier molecular flexibility index (Phi) is 10.5. The zero-order valence-corrected chi connectivity index (χ0v) is 33.9. The fourth-order valence-electron chi connectivity index (χ4n) is 7.98. The van der Waals surface area contributed by atoms with E-state index in [0.29, 0.717) is 23.2 Å². The van der Waals surface area contributed by atoms with Gasteiger partial charge in [-0.15, -0.1) is 0 Å². The second-order valence-electron chi connectivity index (χ2n) is 15.2. The third kappa shape index (κ3) is 8.01. The molecule has 0 aliphatic rings. The monoisotopic (exact) mass is 792 g/mol. The maximum absolute atomic E-state index is 9.06. The summed E-state index contributed by atoms with van der Waals surface area (Å²) >= 11 is 0. The van der Waals surface area contributed by atoms with Crippen molar-refractivity contribution >= 4 is 22.1 Å². The summed E-state index contributed by atoms with van der Waals surface area (Å²) in [6.45, 7) is 0. The van der Waals surface area contributed by atoms with Gasteiger partial charge in [0, 0.05) is 16.7 Å². The van der Waals surface area contributed by atoms with E-state index >= 15 is 0 Å². The molecule has 1 aromatic heterocycles. The van der Waals surface area contributed by atoms with E-state index in [2.05, 4.69) is 182 Å². The van der Waals surface area contributed by atoms with Crippen molar-refractivity contribution in [2.24, 2.45) is 0 Å². The van der Waals surface area contributed by atoms with Gasteiger partial charge in [-0.1, -0.05) is 212 Å². The maximum Gasteiger partial charge on any atom is 0.164 e. The van der Waals surface area contributed by atoms with Crippen LogP contribution in [0.4, 0.5) is 0 Å². The molecule has 0 fully saturated rings. The predicted molar refractivity (Wildman–Crippen MR) is 257 cm³/mol. The zero-order valence-electron chi connectivity index (χ0n) is 33.9. The summed E-state index contributed by atoms with van der Waals surface area (Å²) in [7, 11) is 0. The number of nitrogens with one attached hydrogen (secondary N) is 1. The Morgan fingerprint density at radius 2 is 0.726 bits per heavy atom. The summed E-state index contributed by atoms with van der Waals surface area (Å²) < 4.78 is 0. The summed E-state index contributed by atoms with van der Waals surface area (Å²) in [6, 6.07) is 79.4. The van der Waals surface area contributed by atoms with Gasteiger partial charge in [-0.2, -0.15) is 0 Å². The lowest BCUT2D eigenvalue weighted by Gasteiger charge is -2.14. The van der Waals surface area contributed by atoms with E-state index in [1.54, 1.807) is 0 Å². The molecule has 0 radical (unpaired) electrons. The van der Waals surface area contributed by atoms with Crippen LogP contribution in [0.25, 0.3) is 83.9 Å². The maximum atomic E-state index is 9.06. The Labute approximate surface area is 361 Å². The van der Waals surface area contributed by atoms with Crippen molar-refractivity contribution in [1.82, 2.24) is 15.0 Å². The predicted octanol–water partition coefficient (Wildman–Crippen LogP) is 14.5. The molecule has 1 heterocycles. The molecule has 0 aliphatic heterocycles. The number of nitrogens with zero attached hydrogens (tertiary/aromatic N) is 3. The van der Waals surface area contributed by atoms with Gasteiger partial charge in [0.25, 0.3) is 0 Å². The molecule has 9 aromatic carbocycles. The highest BCUT2D eigenvalue weighted by atomic mass is 15.0. The van der Waals surface area contributed by atoms with Gasteiger partial charge in [-0.05, 0) is 90.7 Å². The molecule has 0 aliphatic carbocycles. The fourth-order valence-corrected chi connectivity index (χ4v) is 7.98. The topological polar surface area (TPSA) is 62.5 Å². The smallest absolute Gasteiger partial charge is 0.164 e. The minimum absolute atomic E-state index is 0.464. The Bertz CT molecular complexity index is 3110. The Morgan fingerprint density at radius 3 is 1.29 bits per heavy atom. The fraction of sp³-hybridized carbons (Fsp3) is 0. The SMILES string of the molecule is N=C(/C=C(/c1ccccc1)c1cccc2ccc(-c3ccc(-c4nc(-c5cccc(-c6ccccc6)c5)nc(-c5cccc(-c6ccccc6)c5)n4)cc3)cc12)c1ccccc1. The lowest BCUT2D eigenvalue weighted by atomic mass is 9.90. The van der Waals surface area contributed by atoms with Crippen LogP contribution in [0.5, 0.6) is 0 Å². The molecule has 0 saturated heterocycles. The van der Waals surface area contributed by atoms with Crippen molar-refractivity contribution in [3.8, 4) is 67.5 Å². The zero-order chi connectivity index (χ0) is 41.7. The third-order valence-corrected chi connectivity index (χ3v) is 11.2. The second-order valence-corrected chi connectivity index (χ2v) is 15.2. The molecular weight excluding hydrogens is 753 g/mol. The molecule has 4 heteroatoms. The van der Waals surface area contributed by atoms with E-state index in [4.69, 9.17) is 20.4 Å². The number of aromatic nitrogens is 3. The molecule has 292 valence electrons. The van der Waals surface area contributed by atoms with E-state index in [1.807, 2.05) is 54.6 Å². The van der Waals surface area contributed by atoms with Crippen LogP contribution in [0.1, 0.15) is 16.7 Å². The van der Waals surface area contributed by atoms with Crippen LogP contribution >= 0.6 is 0 Å². The first kappa shape index (κ1) is 37.9. The minimum atomic E-state index is 0.464. The highest BCUT2D eigenvalue weighted by Gasteiger charge is 2.16. The molecule has 1 N–H and O–H groups in total. The first-order chi connectivity index (χ1) is 30.6. The molecule has 4 nitrogen and oxygen atoms in total. The van der Waals surface area contributed by atoms with Crippen LogP contribution in [0.2, 0.25) is 0 Å². The second kappa shape index (κ2) is 17.1. The van der Waals surface area contributed by atoms with E-state index in [1.165, 1.54) is 0 Å². The average Bonchev–Trinajstić information content (AvgIpc) is 3.36.